The summed E-state index contributed by atoms with van der Waals surface area (Å²) in [5, 5.41) is 0. The van der Waals surface area contributed by atoms with Gasteiger partial charge in [-0.05, 0) is 117 Å². The van der Waals surface area contributed by atoms with Gasteiger partial charge in [-0.3, -0.25) is 0 Å². The van der Waals surface area contributed by atoms with E-state index >= 15 is 4.39 Å². The zero-order valence-corrected chi connectivity index (χ0v) is 22.9. The second-order valence-corrected chi connectivity index (χ2v) is 10.9. The summed E-state index contributed by atoms with van der Waals surface area (Å²) in [4.78, 5) is 0. The van der Waals surface area contributed by atoms with Gasteiger partial charge in [0.1, 0.15) is 5.82 Å². The number of hydrogen-bond donors (Lipinski definition) is 0. The first-order chi connectivity index (χ1) is 19.0. The summed E-state index contributed by atoms with van der Waals surface area (Å²) in [6.07, 6.45) is 15.1. The van der Waals surface area contributed by atoms with Crippen LogP contribution in [0.25, 0.3) is 27.8 Å². The maximum atomic E-state index is 15.3. The zero-order valence-electron chi connectivity index (χ0n) is 22.9. The third-order valence-electron chi connectivity index (χ3n) is 8.59. The Morgan fingerprint density at radius 1 is 0.769 bits per heavy atom. The monoisotopic (exact) mass is 530 g/mol. The molecule has 0 aliphatic heterocycles. The van der Waals surface area contributed by atoms with E-state index in [4.69, 9.17) is 4.74 Å². The Hall–Kier alpha value is -3.27. The number of halogens is 3. The molecule has 204 valence electrons. The minimum absolute atomic E-state index is 0.0956. The molecule has 1 nitrogen and oxygen atoms in total. The molecule has 2 aliphatic carbocycles. The summed E-state index contributed by atoms with van der Waals surface area (Å²) < 4.78 is 49.4. The molecule has 0 saturated heterocycles. The van der Waals surface area contributed by atoms with Gasteiger partial charge >= 0.3 is 0 Å². The summed E-state index contributed by atoms with van der Waals surface area (Å²) in [6.45, 7) is 4.09. The summed E-state index contributed by atoms with van der Waals surface area (Å²) in [7, 11) is 0. The van der Waals surface area contributed by atoms with Gasteiger partial charge in [-0.2, -0.15) is 4.39 Å². The standard InChI is InChI=1S/C35H37F3O/c1-3-5-23-6-8-24(9-7-23)25-10-14-27(15-11-25)30-19-18-29(22-32(30)36)26-12-16-28(17-13-26)31-20-21-33(39-4-2)35(38)34(31)37/h3,5,12-14,16-25H,4,6-11,15H2,1-2H3. The quantitative estimate of drug-likeness (QED) is 0.276. The Bertz CT molecular complexity index is 1350. The van der Waals surface area contributed by atoms with Gasteiger partial charge in [-0.1, -0.05) is 54.6 Å². The van der Waals surface area contributed by atoms with E-state index in [0.29, 0.717) is 11.1 Å². The predicted molar refractivity (Wildman–Crippen MR) is 154 cm³/mol. The normalized spacial score (nSPS) is 21.7. The van der Waals surface area contributed by atoms with Crippen LogP contribution >= 0.6 is 0 Å². The Labute approximate surface area is 230 Å². The number of allylic oxidation sites excluding steroid dienone is 4. The lowest BCUT2D eigenvalue weighted by molar-refractivity contribution is 0.212. The van der Waals surface area contributed by atoms with Crippen molar-refractivity contribution in [1.82, 2.24) is 0 Å². The van der Waals surface area contributed by atoms with E-state index < -0.39 is 11.6 Å². The number of rotatable bonds is 7. The fraction of sp³-hybridized carbons (Fsp3) is 0.371. The Balaban J connectivity index is 1.26. The van der Waals surface area contributed by atoms with Crippen LogP contribution in [0.1, 0.15) is 64.4 Å². The average molecular weight is 531 g/mol. The number of ether oxygens (including phenoxy) is 1. The van der Waals surface area contributed by atoms with Gasteiger partial charge in [-0.25, -0.2) is 8.78 Å². The van der Waals surface area contributed by atoms with E-state index in [1.165, 1.54) is 37.8 Å². The summed E-state index contributed by atoms with van der Waals surface area (Å²) in [6, 6.07) is 15.5. The maximum absolute atomic E-state index is 15.3. The second kappa shape index (κ2) is 12.3. The highest BCUT2D eigenvalue weighted by molar-refractivity contribution is 5.74. The largest absolute Gasteiger partial charge is 0.491 e. The molecule has 0 spiro atoms. The Morgan fingerprint density at radius 3 is 2.10 bits per heavy atom. The molecule has 2 aliphatic rings. The van der Waals surface area contributed by atoms with E-state index in [2.05, 4.69) is 25.2 Å². The van der Waals surface area contributed by atoms with Crippen molar-refractivity contribution >= 4 is 5.57 Å². The van der Waals surface area contributed by atoms with Crippen molar-refractivity contribution in [3.63, 3.8) is 0 Å². The highest BCUT2D eigenvalue weighted by atomic mass is 19.2. The molecular weight excluding hydrogens is 493 g/mol. The molecule has 1 fully saturated rings. The molecule has 1 atom stereocenters. The SMILES string of the molecule is CC=CC1CCC(C2CC=C(c3ccc(-c4ccc(-c5ccc(OCC)c(F)c5F)cc4)cc3F)CC2)CC1. The van der Waals surface area contributed by atoms with Gasteiger partial charge < -0.3 is 4.74 Å². The number of benzene rings is 3. The van der Waals surface area contributed by atoms with Crippen LogP contribution in [0.15, 0.2) is 72.8 Å². The van der Waals surface area contributed by atoms with Crippen molar-refractivity contribution in [2.45, 2.75) is 58.8 Å². The molecule has 5 rings (SSSR count). The summed E-state index contributed by atoms with van der Waals surface area (Å²) >= 11 is 0. The van der Waals surface area contributed by atoms with Crippen LogP contribution in [0.2, 0.25) is 0 Å². The van der Waals surface area contributed by atoms with Crippen molar-refractivity contribution < 1.29 is 17.9 Å². The van der Waals surface area contributed by atoms with Crippen molar-refractivity contribution in [2.24, 2.45) is 17.8 Å². The van der Waals surface area contributed by atoms with Crippen molar-refractivity contribution in [3.05, 3.63) is 95.8 Å². The number of hydrogen-bond acceptors (Lipinski definition) is 1. The first-order valence-electron chi connectivity index (χ1n) is 14.3. The first kappa shape index (κ1) is 27.3. The first-order valence-corrected chi connectivity index (χ1v) is 14.3. The van der Waals surface area contributed by atoms with E-state index in [-0.39, 0.29) is 23.7 Å². The molecule has 0 radical (unpaired) electrons. The van der Waals surface area contributed by atoms with Crippen molar-refractivity contribution in [2.75, 3.05) is 6.61 Å². The van der Waals surface area contributed by atoms with Crippen LogP contribution in [0.3, 0.4) is 0 Å². The molecule has 1 unspecified atom stereocenters. The second-order valence-electron chi connectivity index (χ2n) is 10.9. The fourth-order valence-electron chi connectivity index (χ4n) is 6.43. The molecule has 0 bridgehead atoms. The van der Waals surface area contributed by atoms with E-state index in [9.17, 15) is 8.78 Å². The predicted octanol–water partition coefficient (Wildman–Crippen LogP) is 10.4. The Morgan fingerprint density at radius 2 is 1.46 bits per heavy atom. The molecule has 1 saturated carbocycles. The van der Waals surface area contributed by atoms with Gasteiger partial charge in [0.2, 0.25) is 5.82 Å². The molecule has 39 heavy (non-hydrogen) atoms. The lowest BCUT2D eigenvalue weighted by Gasteiger charge is -2.35. The smallest absolute Gasteiger partial charge is 0.201 e. The van der Waals surface area contributed by atoms with Crippen LogP contribution in [0.5, 0.6) is 5.75 Å². The lowest BCUT2D eigenvalue weighted by atomic mass is 9.71. The highest BCUT2D eigenvalue weighted by Gasteiger charge is 2.28. The highest BCUT2D eigenvalue weighted by Crippen LogP contribution is 2.42. The van der Waals surface area contributed by atoms with Crippen LogP contribution in [-0.2, 0) is 0 Å². The van der Waals surface area contributed by atoms with Gasteiger partial charge in [0.15, 0.2) is 11.6 Å². The van der Waals surface area contributed by atoms with E-state index in [0.717, 1.165) is 53.7 Å². The molecule has 0 N–H and O–H groups in total. The molecule has 0 heterocycles. The van der Waals surface area contributed by atoms with E-state index in [1.807, 2.05) is 24.3 Å². The topological polar surface area (TPSA) is 9.23 Å². The van der Waals surface area contributed by atoms with E-state index in [1.54, 1.807) is 25.1 Å². The fourth-order valence-corrected chi connectivity index (χ4v) is 6.43. The molecule has 4 heteroatoms. The van der Waals surface area contributed by atoms with Crippen LogP contribution < -0.4 is 4.74 Å². The van der Waals surface area contributed by atoms with Crippen molar-refractivity contribution in [1.29, 1.82) is 0 Å². The molecule has 3 aromatic rings. The van der Waals surface area contributed by atoms with Gasteiger partial charge in [-0.15, -0.1) is 0 Å². The van der Waals surface area contributed by atoms with Crippen LogP contribution in [0, 0.1) is 35.2 Å². The third kappa shape index (κ3) is 6.00. The minimum Gasteiger partial charge on any atom is -0.491 e. The summed E-state index contributed by atoms with van der Waals surface area (Å²) in [5.41, 5.74) is 4.10. The summed E-state index contributed by atoms with van der Waals surface area (Å²) in [5.74, 6) is 0.0298. The maximum Gasteiger partial charge on any atom is 0.201 e. The van der Waals surface area contributed by atoms with Gasteiger partial charge in [0.25, 0.3) is 0 Å². The zero-order chi connectivity index (χ0) is 27.4. The van der Waals surface area contributed by atoms with Gasteiger partial charge in [0, 0.05) is 11.1 Å². The van der Waals surface area contributed by atoms with Crippen molar-refractivity contribution in [3.8, 4) is 28.0 Å². The average Bonchev–Trinajstić information content (AvgIpc) is 2.97. The lowest BCUT2D eigenvalue weighted by Crippen LogP contribution is -2.22. The molecular formula is C35H37F3O. The van der Waals surface area contributed by atoms with Crippen LogP contribution in [0.4, 0.5) is 13.2 Å². The van der Waals surface area contributed by atoms with Gasteiger partial charge in [0.05, 0.1) is 6.61 Å². The molecule has 0 aromatic heterocycles. The molecule has 3 aromatic carbocycles. The van der Waals surface area contributed by atoms with Crippen LogP contribution in [-0.4, -0.2) is 6.61 Å². The third-order valence-corrected chi connectivity index (χ3v) is 8.59. The minimum atomic E-state index is -0.990. The molecule has 0 amide bonds. The Kier molecular flexibility index (Phi) is 8.60.